The number of pyridine rings is 2. The van der Waals surface area contributed by atoms with Gasteiger partial charge >= 0.3 is 0 Å². The van der Waals surface area contributed by atoms with Crippen LogP contribution in [0.2, 0.25) is 0 Å². The molecular weight excluding hydrogens is 671 g/mol. The Bertz CT molecular complexity index is 2520. The van der Waals surface area contributed by atoms with Crippen LogP contribution in [-0.4, -0.2) is 42.0 Å². The normalized spacial score (nSPS) is 13.5. The fourth-order valence-corrected chi connectivity index (χ4v) is 7.84. The monoisotopic (exact) mass is 707 g/mol. The van der Waals surface area contributed by atoms with Crippen LogP contribution in [0.25, 0.3) is 27.5 Å². The predicted octanol–water partition coefficient (Wildman–Crippen LogP) is 10.6. The Kier molecular flexibility index (Phi) is 7.40. The van der Waals surface area contributed by atoms with Crippen LogP contribution in [-0.2, 0) is 0 Å². The lowest BCUT2D eigenvalue weighted by Gasteiger charge is -2.21. The van der Waals surface area contributed by atoms with Crippen molar-refractivity contribution in [2.45, 2.75) is 6.92 Å². The summed E-state index contributed by atoms with van der Waals surface area (Å²) in [5.74, 6) is 2.29. The number of anilines is 6. The molecule has 2 aliphatic heterocycles. The van der Waals surface area contributed by atoms with Gasteiger partial charge < -0.3 is 33.6 Å². The van der Waals surface area contributed by atoms with E-state index in [1.54, 1.807) is 12.4 Å². The molecule has 2 aliphatic rings. The number of aromatic nitrogens is 3. The molecule has 54 heavy (non-hydrogen) atoms. The largest absolute Gasteiger partial charge is 0.439 e. The van der Waals surface area contributed by atoms with Crippen LogP contribution in [0, 0.1) is 6.92 Å². The van der Waals surface area contributed by atoms with Crippen LogP contribution in [0.5, 0.6) is 23.3 Å². The highest BCUT2D eigenvalue weighted by Gasteiger charge is 2.27. The van der Waals surface area contributed by atoms with E-state index in [0.717, 1.165) is 57.8 Å². The first kappa shape index (κ1) is 31.7. The maximum Gasteiger partial charge on any atom is 0.219 e. The standard InChI is InChI=1S/C45H37N7O2/c1-30-42(53-44-16-8-10-22-46-44)26-33(27-43(30)54-45-17-9-11-23-47-45)52-40-24-31(50-28-48(2)36-12-4-6-14-38(36)50)18-20-34(40)35-21-19-32(25-41(35)52)51-29-49(3)37-13-5-7-15-39(37)51/h4-27H,28-29H2,1-3H3. The highest BCUT2D eigenvalue weighted by atomic mass is 16.5. The van der Waals surface area contributed by atoms with Gasteiger partial charge in [0.1, 0.15) is 11.5 Å². The third-order valence-electron chi connectivity index (χ3n) is 10.5. The molecule has 0 aliphatic carbocycles. The number of hydrogen-bond acceptors (Lipinski definition) is 8. The Labute approximate surface area is 313 Å². The predicted molar refractivity (Wildman–Crippen MR) is 218 cm³/mol. The zero-order valence-corrected chi connectivity index (χ0v) is 30.2. The average molecular weight is 708 g/mol. The Hall–Kier alpha value is -7.00. The van der Waals surface area contributed by atoms with Crippen LogP contribution < -0.4 is 29.1 Å². The summed E-state index contributed by atoms with van der Waals surface area (Å²) in [5.41, 5.74) is 10.9. The Morgan fingerprint density at radius 3 is 1.37 bits per heavy atom. The van der Waals surface area contributed by atoms with E-state index >= 15 is 0 Å². The summed E-state index contributed by atoms with van der Waals surface area (Å²) in [6.45, 7) is 3.52. The zero-order chi connectivity index (χ0) is 36.3. The minimum absolute atomic E-state index is 0.502. The summed E-state index contributed by atoms with van der Waals surface area (Å²) in [6, 6.07) is 46.3. The summed E-state index contributed by atoms with van der Waals surface area (Å²) in [6.07, 6.45) is 3.47. The van der Waals surface area contributed by atoms with Gasteiger partial charge in [0, 0.05) is 78.5 Å². The molecule has 0 unspecified atom stereocenters. The summed E-state index contributed by atoms with van der Waals surface area (Å²) < 4.78 is 15.4. The molecule has 10 rings (SSSR count). The second kappa shape index (κ2) is 12.6. The fraction of sp³-hybridized carbons (Fsp3) is 0.111. The molecule has 5 aromatic carbocycles. The highest BCUT2D eigenvalue weighted by molar-refractivity contribution is 6.11. The van der Waals surface area contributed by atoms with E-state index in [9.17, 15) is 0 Å². The van der Waals surface area contributed by atoms with Gasteiger partial charge in [0.05, 0.1) is 52.8 Å². The molecule has 264 valence electrons. The van der Waals surface area contributed by atoms with E-state index in [4.69, 9.17) is 9.47 Å². The van der Waals surface area contributed by atoms with Gasteiger partial charge in [-0.25, -0.2) is 9.97 Å². The molecule has 0 saturated carbocycles. The van der Waals surface area contributed by atoms with Crippen LogP contribution in [0.4, 0.5) is 34.1 Å². The van der Waals surface area contributed by atoms with Gasteiger partial charge in [-0.1, -0.05) is 48.5 Å². The second-order valence-electron chi connectivity index (χ2n) is 13.9. The van der Waals surface area contributed by atoms with Gasteiger partial charge in [-0.3, -0.25) is 0 Å². The Morgan fingerprint density at radius 2 is 0.926 bits per heavy atom. The molecular formula is C45H37N7O2. The molecule has 0 spiro atoms. The van der Waals surface area contributed by atoms with Crippen molar-refractivity contribution in [1.29, 1.82) is 0 Å². The molecule has 0 N–H and O–H groups in total. The molecule has 0 radical (unpaired) electrons. The highest BCUT2D eigenvalue weighted by Crippen LogP contribution is 2.46. The molecule has 8 aromatic rings. The Morgan fingerprint density at radius 1 is 0.481 bits per heavy atom. The first-order chi connectivity index (χ1) is 26.5. The van der Waals surface area contributed by atoms with Gasteiger partial charge in [-0.2, -0.15) is 0 Å². The molecule has 5 heterocycles. The number of hydrogen-bond donors (Lipinski definition) is 0. The van der Waals surface area contributed by atoms with E-state index in [0.29, 0.717) is 23.3 Å². The third kappa shape index (κ3) is 5.24. The first-order valence-corrected chi connectivity index (χ1v) is 18.1. The number of rotatable bonds is 7. The van der Waals surface area contributed by atoms with Crippen molar-refractivity contribution in [3.05, 3.63) is 151 Å². The van der Waals surface area contributed by atoms with Crippen molar-refractivity contribution in [2.75, 3.05) is 47.0 Å². The third-order valence-corrected chi connectivity index (χ3v) is 10.5. The van der Waals surface area contributed by atoms with E-state index < -0.39 is 0 Å². The maximum absolute atomic E-state index is 6.51. The minimum Gasteiger partial charge on any atom is -0.439 e. The average Bonchev–Trinajstić information content (AvgIpc) is 3.85. The molecule has 0 amide bonds. The molecule has 9 heteroatoms. The van der Waals surface area contributed by atoms with Gasteiger partial charge in [0.25, 0.3) is 0 Å². The lowest BCUT2D eigenvalue weighted by atomic mass is 10.1. The van der Waals surface area contributed by atoms with Gasteiger partial charge in [-0.15, -0.1) is 0 Å². The smallest absolute Gasteiger partial charge is 0.219 e. The van der Waals surface area contributed by atoms with Crippen LogP contribution in [0.3, 0.4) is 0 Å². The van der Waals surface area contributed by atoms with Crippen LogP contribution in [0.1, 0.15) is 5.56 Å². The quantitative estimate of drug-likeness (QED) is 0.162. The van der Waals surface area contributed by atoms with E-state index in [1.807, 2.05) is 43.3 Å². The molecule has 3 aromatic heterocycles. The molecule has 9 nitrogen and oxygen atoms in total. The van der Waals surface area contributed by atoms with Crippen molar-refractivity contribution >= 4 is 55.9 Å². The topological polar surface area (TPSA) is 62.1 Å². The molecule has 0 atom stereocenters. The molecule has 0 saturated heterocycles. The number of fused-ring (bicyclic) bond motifs is 5. The summed E-state index contributed by atoms with van der Waals surface area (Å²) in [7, 11) is 4.28. The van der Waals surface area contributed by atoms with E-state index in [1.165, 1.54) is 22.7 Å². The van der Waals surface area contributed by atoms with Crippen molar-refractivity contribution in [2.24, 2.45) is 0 Å². The van der Waals surface area contributed by atoms with Gasteiger partial charge in [0.2, 0.25) is 11.8 Å². The van der Waals surface area contributed by atoms with Crippen LogP contribution >= 0.6 is 0 Å². The summed E-state index contributed by atoms with van der Waals surface area (Å²) in [5, 5.41) is 2.31. The van der Waals surface area contributed by atoms with Crippen molar-refractivity contribution < 1.29 is 9.47 Å². The van der Waals surface area contributed by atoms with Crippen molar-refractivity contribution in [1.82, 2.24) is 14.5 Å². The number of para-hydroxylation sites is 4. The molecule has 0 fully saturated rings. The number of nitrogens with zero attached hydrogens (tertiary/aromatic N) is 7. The summed E-state index contributed by atoms with van der Waals surface area (Å²) >= 11 is 0. The number of ether oxygens (including phenoxy) is 2. The second-order valence-corrected chi connectivity index (χ2v) is 13.9. The lowest BCUT2D eigenvalue weighted by Crippen LogP contribution is -2.24. The summed E-state index contributed by atoms with van der Waals surface area (Å²) in [4.78, 5) is 18.3. The van der Waals surface area contributed by atoms with Crippen molar-refractivity contribution in [3.63, 3.8) is 0 Å². The fourth-order valence-electron chi connectivity index (χ4n) is 7.84. The zero-order valence-electron chi connectivity index (χ0n) is 30.2. The molecule has 0 bridgehead atoms. The van der Waals surface area contributed by atoms with Crippen LogP contribution in [0.15, 0.2) is 146 Å². The number of benzene rings is 5. The lowest BCUT2D eigenvalue weighted by molar-refractivity contribution is 0.435. The Balaban J connectivity index is 1.21. The van der Waals surface area contributed by atoms with Gasteiger partial charge in [0.15, 0.2) is 0 Å². The van der Waals surface area contributed by atoms with E-state index in [-0.39, 0.29) is 0 Å². The van der Waals surface area contributed by atoms with Gasteiger partial charge in [-0.05, 0) is 67.6 Å². The minimum atomic E-state index is 0.502. The van der Waals surface area contributed by atoms with Crippen molar-refractivity contribution in [3.8, 4) is 28.9 Å². The van der Waals surface area contributed by atoms with E-state index in [2.05, 4.69) is 145 Å². The SMILES string of the molecule is Cc1c(Oc2ccccn2)cc(-n2c3cc(N4CN(C)c5ccccc54)ccc3c3ccc(N4CN(C)c5ccccc54)cc32)cc1Oc1ccccn1. The first-order valence-electron chi connectivity index (χ1n) is 18.1. The maximum atomic E-state index is 6.51.